The van der Waals surface area contributed by atoms with E-state index in [-0.39, 0.29) is 1.43 Å². The van der Waals surface area contributed by atoms with Gasteiger partial charge in [0.2, 0.25) is 0 Å². The van der Waals surface area contributed by atoms with E-state index in [1.807, 2.05) is 6.92 Å². The fraction of sp³-hybridized carbons (Fsp3) is 0.667. The average Bonchev–Trinajstić information content (AvgIpc) is 2.26. The molecule has 0 aliphatic carbocycles. The van der Waals surface area contributed by atoms with Gasteiger partial charge in [-0.15, -0.1) is 0 Å². The van der Waals surface area contributed by atoms with Crippen LogP contribution < -0.4 is 5.32 Å². The molecule has 0 saturated carbocycles. The van der Waals surface area contributed by atoms with Crippen LogP contribution in [0.15, 0.2) is 12.4 Å². The fourth-order valence-electron chi connectivity index (χ4n) is 1.35. The third-order valence-electron chi connectivity index (χ3n) is 2.66. The van der Waals surface area contributed by atoms with Crippen molar-refractivity contribution in [2.24, 2.45) is 5.92 Å². The monoisotopic (exact) mass is 209 g/mol. The van der Waals surface area contributed by atoms with Crippen LogP contribution in [0.25, 0.3) is 0 Å². The van der Waals surface area contributed by atoms with E-state index in [9.17, 15) is 0 Å². The molecule has 0 aliphatic heterocycles. The molecule has 0 aromatic carbocycles. The summed E-state index contributed by atoms with van der Waals surface area (Å²) in [6.45, 7) is 7.47. The van der Waals surface area contributed by atoms with Crippen LogP contribution in [0.2, 0.25) is 0 Å². The van der Waals surface area contributed by atoms with Gasteiger partial charge in [-0.1, -0.05) is 20.3 Å². The highest BCUT2D eigenvalue weighted by Crippen LogP contribution is 2.09. The standard InChI is InChI=1S/C12H21N3.H2/c1-4-10(2)6-5-7-13-12-9-14-11(3)8-15-12;/h8-10H,4-7H2,1-3H3,(H,13,15);1H. The van der Waals surface area contributed by atoms with Crippen LogP contribution in [0.5, 0.6) is 0 Å². The molecule has 1 heterocycles. The summed E-state index contributed by atoms with van der Waals surface area (Å²) in [5.74, 6) is 1.71. The van der Waals surface area contributed by atoms with Crippen molar-refractivity contribution < 1.29 is 1.43 Å². The maximum absolute atomic E-state index is 4.24. The molecule has 1 rings (SSSR count). The minimum atomic E-state index is 0. The molecule has 0 aliphatic rings. The van der Waals surface area contributed by atoms with E-state index < -0.39 is 0 Å². The average molecular weight is 209 g/mol. The second-order valence-electron chi connectivity index (χ2n) is 4.13. The molecule has 1 unspecified atom stereocenters. The molecule has 1 atom stereocenters. The van der Waals surface area contributed by atoms with Gasteiger partial charge in [-0.25, -0.2) is 4.98 Å². The van der Waals surface area contributed by atoms with E-state index in [2.05, 4.69) is 29.1 Å². The Balaban J connectivity index is 0.00000225. The lowest BCUT2D eigenvalue weighted by Gasteiger charge is -2.08. The Bertz CT molecular complexity index is 274. The molecule has 15 heavy (non-hydrogen) atoms. The maximum atomic E-state index is 4.24. The third-order valence-corrected chi connectivity index (χ3v) is 2.66. The van der Waals surface area contributed by atoms with Gasteiger partial charge >= 0.3 is 0 Å². The van der Waals surface area contributed by atoms with E-state index in [1.54, 1.807) is 12.4 Å². The lowest BCUT2D eigenvalue weighted by Crippen LogP contribution is -2.05. The molecule has 0 amide bonds. The number of nitrogens with one attached hydrogen (secondary N) is 1. The lowest BCUT2D eigenvalue weighted by molar-refractivity contribution is 0.503. The normalized spacial score (nSPS) is 12.5. The highest BCUT2D eigenvalue weighted by molar-refractivity contribution is 5.30. The van der Waals surface area contributed by atoms with Gasteiger partial charge in [0.1, 0.15) is 5.82 Å². The molecule has 1 aromatic rings. The smallest absolute Gasteiger partial charge is 0.144 e. The van der Waals surface area contributed by atoms with Crippen molar-refractivity contribution in [2.75, 3.05) is 11.9 Å². The Hall–Kier alpha value is -1.12. The predicted octanol–water partition coefficient (Wildman–Crippen LogP) is 3.27. The fourth-order valence-corrected chi connectivity index (χ4v) is 1.35. The van der Waals surface area contributed by atoms with E-state index in [0.29, 0.717) is 0 Å². The maximum Gasteiger partial charge on any atom is 0.144 e. The summed E-state index contributed by atoms with van der Waals surface area (Å²) >= 11 is 0. The number of anilines is 1. The zero-order chi connectivity index (χ0) is 11.1. The van der Waals surface area contributed by atoms with Gasteiger partial charge < -0.3 is 5.32 Å². The van der Waals surface area contributed by atoms with Crippen LogP contribution >= 0.6 is 0 Å². The van der Waals surface area contributed by atoms with Crippen molar-refractivity contribution in [1.29, 1.82) is 0 Å². The lowest BCUT2D eigenvalue weighted by atomic mass is 10.0. The number of rotatable bonds is 6. The summed E-state index contributed by atoms with van der Waals surface area (Å²) in [5, 5.41) is 3.28. The van der Waals surface area contributed by atoms with Gasteiger partial charge in [-0.3, -0.25) is 4.98 Å². The number of hydrogen-bond acceptors (Lipinski definition) is 3. The quantitative estimate of drug-likeness (QED) is 0.731. The first-order chi connectivity index (χ1) is 7.22. The molecule has 0 radical (unpaired) electrons. The molecule has 3 nitrogen and oxygen atoms in total. The molecule has 0 bridgehead atoms. The summed E-state index contributed by atoms with van der Waals surface area (Å²) in [5.41, 5.74) is 0.958. The number of nitrogens with zero attached hydrogens (tertiary/aromatic N) is 2. The van der Waals surface area contributed by atoms with Crippen molar-refractivity contribution in [3.05, 3.63) is 18.1 Å². The Morgan fingerprint density at radius 3 is 2.80 bits per heavy atom. The molecule has 1 N–H and O–H groups in total. The van der Waals surface area contributed by atoms with Crippen LogP contribution in [0, 0.1) is 12.8 Å². The zero-order valence-corrected chi connectivity index (χ0v) is 9.95. The molecule has 1 aromatic heterocycles. The van der Waals surface area contributed by atoms with Gasteiger partial charge in [-0.2, -0.15) is 0 Å². The summed E-state index contributed by atoms with van der Waals surface area (Å²) in [6, 6.07) is 0. The van der Waals surface area contributed by atoms with E-state index in [0.717, 1.165) is 24.0 Å². The summed E-state index contributed by atoms with van der Waals surface area (Å²) in [6.07, 6.45) is 7.33. The molecule has 3 heteroatoms. The number of aromatic nitrogens is 2. The van der Waals surface area contributed by atoms with Crippen molar-refractivity contribution in [3.8, 4) is 0 Å². The van der Waals surface area contributed by atoms with Crippen molar-refractivity contribution >= 4 is 5.82 Å². The highest BCUT2D eigenvalue weighted by atomic mass is 15.0. The molecular weight excluding hydrogens is 186 g/mol. The van der Waals surface area contributed by atoms with Crippen molar-refractivity contribution in [3.63, 3.8) is 0 Å². The zero-order valence-electron chi connectivity index (χ0n) is 9.95. The largest absolute Gasteiger partial charge is 0.369 e. The van der Waals surface area contributed by atoms with Crippen LogP contribution in [0.3, 0.4) is 0 Å². The summed E-state index contributed by atoms with van der Waals surface area (Å²) in [4.78, 5) is 8.43. The summed E-state index contributed by atoms with van der Waals surface area (Å²) in [7, 11) is 0. The van der Waals surface area contributed by atoms with E-state index in [1.165, 1.54) is 19.3 Å². The Morgan fingerprint density at radius 1 is 1.40 bits per heavy atom. The van der Waals surface area contributed by atoms with Gasteiger partial charge in [0, 0.05) is 7.97 Å². The third kappa shape index (κ3) is 4.77. The molecule has 0 spiro atoms. The SMILES string of the molecule is CCC(C)CCCNc1cnc(C)cn1.[HH]. The van der Waals surface area contributed by atoms with Gasteiger partial charge in [-0.05, 0) is 25.7 Å². The minimum Gasteiger partial charge on any atom is -0.369 e. The van der Waals surface area contributed by atoms with E-state index >= 15 is 0 Å². The molecule has 0 fully saturated rings. The van der Waals surface area contributed by atoms with Crippen LogP contribution in [-0.2, 0) is 0 Å². The van der Waals surface area contributed by atoms with Crippen LogP contribution in [-0.4, -0.2) is 16.5 Å². The minimum absolute atomic E-state index is 0. The Kier molecular flexibility index (Phi) is 5.08. The Morgan fingerprint density at radius 2 is 2.20 bits per heavy atom. The van der Waals surface area contributed by atoms with Crippen molar-refractivity contribution in [1.82, 2.24) is 9.97 Å². The van der Waals surface area contributed by atoms with Crippen LogP contribution in [0.4, 0.5) is 5.82 Å². The van der Waals surface area contributed by atoms with Gasteiger partial charge in [0.05, 0.1) is 18.1 Å². The second-order valence-corrected chi connectivity index (χ2v) is 4.13. The van der Waals surface area contributed by atoms with Crippen LogP contribution in [0.1, 0.15) is 40.2 Å². The molecular formula is C12H23N3. The highest BCUT2D eigenvalue weighted by Gasteiger charge is 1.98. The van der Waals surface area contributed by atoms with E-state index in [4.69, 9.17) is 0 Å². The Labute approximate surface area is 93.8 Å². The summed E-state index contributed by atoms with van der Waals surface area (Å²) < 4.78 is 0. The molecule has 86 valence electrons. The first-order valence-electron chi connectivity index (χ1n) is 5.75. The van der Waals surface area contributed by atoms with Crippen molar-refractivity contribution in [2.45, 2.75) is 40.0 Å². The number of hydrogen-bond donors (Lipinski definition) is 1. The number of aryl methyl sites for hydroxylation is 1. The second kappa shape index (κ2) is 6.38. The first-order valence-corrected chi connectivity index (χ1v) is 5.75. The first kappa shape index (κ1) is 12.0. The van der Waals surface area contributed by atoms with Gasteiger partial charge in [0.15, 0.2) is 0 Å². The molecule has 0 saturated heterocycles. The topological polar surface area (TPSA) is 37.8 Å². The van der Waals surface area contributed by atoms with Gasteiger partial charge in [0.25, 0.3) is 0 Å². The predicted molar refractivity (Wildman–Crippen MR) is 66.1 cm³/mol.